The lowest BCUT2D eigenvalue weighted by molar-refractivity contribution is 0.0968. The van der Waals surface area contributed by atoms with Gasteiger partial charge in [-0.05, 0) is 44.2 Å². The van der Waals surface area contributed by atoms with Crippen molar-refractivity contribution in [2.24, 2.45) is 0 Å². The van der Waals surface area contributed by atoms with E-state index in [4.69, 9.17) is 4.42 Å². The normalized spacial score (nSPS) is 16.9. The van der Waals surface area contributed by atoms with Crippen LogP contribution in [0.3, 0.4) is 0 Å². The van der Waals surface area contributed by atoms with Crippen LogP contribution in [0.2, 0.25) is 0 Å². The van der Waals surface area contributed by atoms with Gasteiger partial charge in [0.25, 0.3) is 0 Å². The van der Waals surface area contributed by atoms with Crippen molar-refractivity contribution in [1.29, 1.82) is 0 Å². The van der Waals surface area contributed by atoms with Crippen molar-refractivity contribution in [2.75, 3.05) is 0 Å². The summed E-state index contributed by atoms with van der Waals surface area (Å²) in [6.07, 6.45) is 1.62. The Bertz CT molecular complexity index is 649. The summed E-state index contributed by atoms with van der Waals surface area (Å²) in [5, 5.41) is 0. The molecular weight excluding hydrogens is 236 g/mol. The van der Waals surface area contributed by atoms with Gasteiger partial charge in [0.15, 0.2) is 5.78 Å². The molecule has 0 bridgehead atoms. The number of carbonyl (C=O) groups is 1. The molecule has 0 aliphatic heterocycles. The zero-order valence-corrected chi connectivity index (χ0v) is 11.6. The van der Waals surface area contributed by atoms with E-state index in [0.717, 1.165) is 29.1 Å². The number of ketones is 1. The van der Waals surface area contributed by atoms with Crippen LogP contribution in [0.4, 0.5) is 0 Å². The van der Waals surface area contributed by atoms with Crippen LogP contribution in [0.5, 0.6) is 0 Å². The van der Waals surface area contributed by atoms with Crippen LogP contribution in [0.15, 0.2) is 28.7 Å². The zero-order chi connectivity index (χ0) is 13.6. The Hall–Kier alpha value is -1.83. The number of benzene rings is 1. The van der Waals surface area contributed by atoms with Gasteiger partial charge in [0.05, 0.1) is 5.56 Å². The third-order valence-corrected chi connectivity index (χ3v) is 4.23. The van der Waals surface area contributed by atoms with Gasteiger partial charge in [-0.15, -0.1) is 0 Å². The largest absolute Gasteiger partial charge is 0.466 e. The predicted octanol–water partition coefficient (Wildman–Crippen LogP) is 4.12. The average Bonchev–Trinajstić information content (AvgIpc) is 2.60. The highest BCUT2D eigenvalue weighted by atomic mass is 16.3. The first-order valence-electron chi connectivity index (χ1n) is 6.75. The summed E-state index contributed by atoms with van der Waals surface area (Å²) in [6, 6.07) is 8.39. The highest BCUT2D eigenvalue weighted by Gasteiger charge is 2.29. The Morgan fingerprint density at radius 3 is 2.58 bits per heavy atom. The summed E-state index contributed by atoms with van der Waals surface area (Å²) in [6.45, 7) is 5.76. The van der Waals surface area contributed by atoms with E-state index < -0.39 is 0 Å². The highest BCUT2D eigenvalue weighted by molar-refractivity contribution is 5.99. The fourth-order valence-electron chi connectivity index (χ4n) is 3.07. The second-order valence-electron chi connectivity index (χ2n) is 5.44. The molecule has 0 fully saturated rings. The lowest BCUT2D eigenvalue weighted by Gasteiger charge is -2.29. The lowest BCUT2D eigenvalue weighted by Crippen LogP contribution is -2.20. The Balaban J connectivity index is 1.81. The van der Waals surface area contributed by atoms with Crippen LogP contribution in [0, 0.1) is 20.8 Å². The van der Waals surface area contributed by atoms with Gasteiger partial charge in [-0.2, -0.15) is 0 Å². The van der Waals surface area contributed by atoms with E-state index in [-0.39, 0.29) is 5.78 Å². The molecule has 1 aliphatic carbocycles. The molecule has 0 radical (unpaired) electrons. The second kappa shape index (κ2) is 4.37. The second-order valence-corrected chi connectivity index (χ2v) is 5.44. The number of aryl methyl sites for hydroxylation is 2. The minimum Gasteiger partial charge on any atom is -0.466 e. The summed E-state index contributed by atoms with van der Waals surface area (Å²) in [5.74, 6) is 2.21. The Morgan fingerprint density at radius 2 is 1.95 bits per heavy atom. The quantitative estimate of drug-likeness (QED) is 0.771. The van der Waals surface area contributed by atoms with Gasteiger partial charge in [-0.3, -0.25) is 4.79 Å². The minimum absolute atomic E-state index is 0.214. The maximum Gasteiger partial charge on any atom is 0.167 e. The number of fused-ring (bicyclic) bond motifs is 1. The number of hydrogen-bond acceptors (Lipinski definition) is 2. The molecule has 0 spiro atoms. The summed E-state index contributed by atoms with van der Waals surface area (Å²) in [7, 11) is 0. The highest BCUT2D eigenvalue weighted by Crippen LogP contribution is 2.38. The van der Waals surface area contributed by atoms with E-state index in [1.807, 2.05) is 26.8 Å². The van der Waals surface area contributed by atoms with E-state index in [1.165, 1.54) is 11.1 Å². The smallest absolute Gasteiger partial charge is 0.167 e. The first-order chi connectivity index (χ1) is 9.08. The molecule has 0 N–H and O–H groups in total. The van der Waals surface area contributed by atoms with Crippen molar-refractivity contribution >= 4 is 5.78 Å². The average molecular weight is 254 g/mol. The van der Waals surface area contributed by atoms with Crippen LogP contribution in [0.25, 0.3) is 0 Å². The molecule has 0 saturated carbocycles. The zero-order valence-electron chi connectivity index (χ0n) is 11.6. The van der Waals surface area contributed by atoms with Gasteiger partial charge in [-0.1, -0.05) is 24.3 Å². The molecule has 0 amide bonds. The number of hydrogen-bond donors (Lipinski definition) is 0. The topological polar surface area (TPSA) is 30.2 Å². The molecule has 1 atom stereocenters. The third-order valence-electron chi connectivity index (χ3n) is 4.23. The van der Waals surface area contributed by atoms with E-state index in [9.17, 15) is 4.79 Å². The van der Waals surface area contributed by atoms with Crippen molar-refractivity contribution in [3.05, 3.63) is 58.0 Å². The molecule has 1 heterocycles. The van der Waals surface area contributed by atoms with Gasteiger partial charge in [0.2, 0.25) is 0 Å². The molecular formula is C17H18O2. The minimum atomic E-state index is 0.214. The van der Waals surface area contributed by atoms with Gasteiger partial charge in [0.1, 0.15) is 11.5 Å². The van der Waals surface area contributed by atoms with Gasteiger partial charge >= 0.3 is 0 Å². The van der Waals surface area contributed by atoms with Gasteiger partial charge in [0, 0.05) is 12.0 Å². The molecule has 98 valence electrons. The Morgan fingerprint density at radius 1 is 1.21 bits per heavy atom. The molecule has 19 heavy (non-hydrogen) atoms. The molecule has 1 unspecified atom stereocenters. The fourth-order valence-corrected chi connectivity index (χ4v) is 3.07. The predicted molar refractivity (Wildman–Crippen MR) is 74.8 cm³/mol. The fraction of sp³-hybridized carbons (Fsp3) is 0.353. The van der Waals surface area contributed by atoms with Crippen LogP contribution < -0.4 is 0 Å². The summed E-state index contributed by atoms with van der Waals surface area (Å²) >= 11 is 0. The molecule has 1 aromatic heterocycles. The molecule has 2 nitrogen and oxygen atoms in total. The van der Waals surface area contributed by atoms with Crippen LogP contribution in [-0.2, 0) is 6.42 Å². The molecule has 1 aliphatic rings. The first-order valence-corrected chi connectivity index (χ1v) is 6.75. The molecule has 2 aromatic rings. The van der Waals surface area contributed by atoms with E-state index in [0.29, 0.717) is 12.3 Å². The Kier molecular flexibility index (Phi) is 2.81. The summed E-state index contributed by atoms with van der Waals surface area (Å²) in [5.41, 5.74) is 4.51. The van der Waals surface area contributed by atoms with E-state index in [2.05, 4.69) is 18.2 Å². The first kappa shape index (κ1) is 12.2. The molecule has 3 rings (SSSR count). The maximum atomic E-state index is 12.5. The van der Waals surface area contributed by atoms with Gasteiger partial charge < -0.3 is 4.42 Å². The standard InChI is InChI=1S/C17H18O2/c1-10-11(2)19-12(3)17(10)16(18)9-14-8-13-6-4-5-7-15(13)14/h4-7,14H,8-9H2,1-3H3. The van der Waals surface area contributed by atoms with Gasteiger partial charge in [-0.25, -0.2) is 0 Å². The monoisotopic (exact) mass is 254 g/mol. The molecule has 2 heteroatoms. The summed E-state index contributed by atoms with van der Waals surface area (Å²) in [4.78, 5) is 12.5. The lowest BCUT2D eigenvalue weighted by atomic mass is 9.74. The van der Waals surface area contributed by atoms with Crippen LogP contribution in [-0.4, -0.2) is 5.78 Å². The van der Waals surface area contributed by atoms with E-state index >= 15 is 0 Å². The maximum absolute atomic E-state index is 12.5. The molecule has 1 aromatic carbocycles. The number of furan rings is 1. The SMILES string of the molecule is Cc1oc(C)c(C(=O)CC2Cc3ccccc32)c1C. The Labute approximate surface area is 113 Å². The third kappa shape index (κ3) is 1.92. The van der Waals surface area contributed by atoms with Crippen molar-refractivity contribution in [3.63, 3.8) is 0 Å². The van der Waals surface area contributed by atoms with Crippen LogP contribution in [0.1, 0.15) is 50.9 Å². The van der Waals surface area contributed by atoms with Crippen LogP contribution >= 0.6 is 0 Å². The molecule has 0 saturated heterocycles. The number of Topliss-reactive ketones (excluding diaryl/α,β-unsaturated/α-hetero) is 1. The van der Waals surface area contributed by atoms with E-state index in [1.54, 1.807) is 0 Å². The van der Waals surface area contributed by atoms with Crippen molar-refractivity contribution in [2.45, 2.75) is 39.5 Å². The summed E-state index contributed by atoms with van der Waals surface area (Å²) < 4.78 is 5.55. The number of carbonyl (C=O) groups excluding carboxylic acids is 1. The van der Waals surface area contributed by atoms with Crippen molar-refractivity contribution in [3.8, 4) is 0 Å². The van der Waals surface area contributed by atoms with Crippen molar-refractivity contribution in [1.82, 2.24) is 0 Å². The van der Waals surface area contributed by atoms with Crippen molar-refractivity contribution < 1.29 is 9.21 Å². The number of rotatable bonds is 3.